The van der Waals surface area contributed by atoms with Crippen LogP contribution in [0.3, 0.4) is 0 Å². The quantitative estimate of drug-likeness (QED) is 0.817. The number of halogens is 3. The topological polar surface area (TPSA) is 64.0 Å². The number of aryl methyl sites for hydroxylation is 1. The van der Waals surface area contributed by atoms with Crippen molar-refractivity contribution in [2.45, 2.75) is 64.1 Å². The Labute approximate surface area is 158 Å². The molecule has 0 radical (unpaired) electrons. The maximum atomic E-state index is 12.6. The molecule has 3 fully saturated rings. The second-order valence-corrected chi connectivity index (χ2v) is 10.1. The standard InChI is InChI=1S/C12H17F3N2.C6H11NO2S/c1-2-17-10(9-6-4-3-5-7-9)8-11(16-17)12(13,14)15;8-10(9)4-6(5-10)1-2-7-3-6/h8-9H,2-7H2,1H3;7H,1-5H2. The van der Waals surface area contributed by atoms with Gasteiger partial charge in [-0.1, -0.05) is 19.3 Å². The van der Waals surface area contributed by atoms with Gasteiger partial charge in [0.25, 0.3) is 0 Å². The number of sulfone groups is 1. The minimum Gasteiger partial charge on any atom is -0.316 e. The monoisotopic (exact) mass is 407 g/mol. The van der Waals surface area contributed by atoms with Gasteiger partial charge in [-0.05, 0) is 38.8 Å². The highest BCUT2D eigenvalue weighted by Gasteiger charge is 2.49. The summed E-state index contributed by atoms with van der Waals surface area (Å²) < 4.78 is 61.0. The Kier molecular flexibility index (Phi) is 5.91. The van der Waals surface area contributed by atoms with E-state index in [4.69, 9.17) is 0 Å². The van der Waals surface area contributed by atoms with Crippen molar-refractivity contribution < 1.29 is 21.6 Å². The second-order valence-electron chi connectivity index (χ2n) is 8.06. The molecule has 0 atom stereocenters. The Hall–Kier alpha value is -1.09. The van der Waals surface area contributed by atoms with Crippen LogP contribution in [0.25, 0.3) is 0 Å². The van der Waals surface area contributed by atoms with E-state index in [0.29, 0.717) is 18.1 Å². The second kappa shape index (κ2) is 7.73. The summed E-state index contributed by atoms with van der Waals surface area (Å²) in [7, 11) is -2.61. The summed E-state index contributed by atoms with van der Waals surface area (Å²) in [6.45, 7) is 4.24. The number of nitrogens with one attached hydrogen (secondary N) is 1. The SMILES string of the molecule is CCn1nc(C(F)(F)F)cc1C1CCCCC1.O=S1(=O)CC2(CCNC2)C1. The third-order valence-electron chi connectivity index (χ3n) is 5.81. The molecule has 1 spiro atoms. The number of rotatable bonds is 2. The third kappa shape index (κ3) is 4.85. The summed E-state index contributed by atoms with van der Waals surface area (Å²) in [6, 6.07) is 1.24. The summed E-state index contributed by atoms with van der Waals surface area (Å²) in [5.41, 5.74) is 0.165. The lowest BCUT2D eigenvalue weighted by Gasteiger charge is -2.36. The summed E-state index contributed by atoms with van der Waals surface area (Å²) in [6.07, 6.45) is 2.12. The molecule has 2 aliphatic heterocycles. The molecular formula is C18H28F3N3O2S. The van der Waals surface area contributed by atoms with Gasteiger partial charge in [0, 0.05) is 30.1 Å². The Balaban J connectivity index is 0.000000177. The van der Waals surface area contributed by atoms with Crippen molar-refractivity contribution in [1.82, 2.24) is 15.1 Å². The molecule has 4 rings (SSSR count). The van der Waals surface area contributed by atoms with E-state index in [1.54, 1.807) is 0 Å². The molecule has 27 heavy (non-hydrogen) atoms. The van der Waals surface area contributed by atoms with Crippen LogP contribution in [0.2, 0.25) is 0 Å². The van der Waals surface area contributed by atoms with Crippen LogP contribution in [0.4, 0.5) is 13.2 Å². The van der Waals surface area contributed by atoms with E-state index in [2.05, 4.69) is 10.4 Å². The molecule has 2 saturated heterocycles. The fourth-order valence-electron chi connectivity index (χ4n) is 4.48. The fraction of sp³-hybridized carbons (Fsp3) is 0.833. The lowest BCUT2D eigenvalue weighted by atomic mass is 9.87. The number of alkyl halides is 3. The largest absolute Gasteiger partial charge is 0.435 e. The zero-order chi connectivity index (χ0) is 19.7. The van der Waals surface area contributed by atoms with Crippen LogP contribution >= 0.6 is 0 Å². The molecule has 1 aromatic heterocycles. The summed E-state index contributed by atoms with van der Waals surface area (Å²) in [5, 5.41) is 6.86. The van der Waals surface area contributed by atoms with E-state index in [0.717, 1.165) is 50.9 Å². The first-order valence-electron chi connectivity index (χ1n) is 9.70. The Bertz CT molecular complexity index is 732. The van der Waals surface area contributed by atoms with Gasteiger partial charge in [0.2, 0.25) is 0 Å². The zero-order valence-electron chi connectivity index (χ0n) is 15.7. The minimum atomic E-state index is -4.33. The number of nitrogens with zero attached hydrogens (tertiary/aromatic N) is 2. The molecule has 3 aliphatic rings. The van der Waals surface area contributed by atoms with E-state index in [1.807, 2.05) is 6.92 Å². The van der Waals surface area contributed by atoms with Gasteiger partial charge in [-0.15, -0.1) is 0 Å². The zero-order valence-corrected chi connectivity index (χ0v) is 16.5. The van der Waals surface area contributed by atoms with E-state index < -0.39 is 21.7 Å². The molecule has 0 unspecified atom stereocenters. The lowest BCUT2D eigenvalue weighted by Crippen LogP contribution is -2.49. The molecule has 1 aromatic rings. The van der Waals surface area contributed by atoms with Crippen LogP contribution in [0, 0.1) is 5.41 Å². The number of hydrogen-bond acceptors (Lipinski definition) is 4. The molecular weight excluding hydrogens is 379 g/mol. The van der Waals surface area contributed by atoms with Crippen LogP contribution in [-0.4, -0.2) is 42.8 Å². The van der Waals surface area contributed by atoms with Gasteiger partial charge in [-0.25, -0.2) is 8.42 Å². The van der Waals surface area contributed by atoms with Crippen LogP contribution < -0.4 is 5.32 Å². The van der Waals surface area contributed by atoms with Crippen molar-refractivity contribution in [3.05, 3.63) is 17.5 Å². The van der Waals surface area contributed by atoms with Gasteiger partial charge in [0.05, 0.1) is 11.5 Å². The Morgan fingerprint density at radius 3 is 2.41 bits per heavy atom. The van der Waals surface area contributed by atoms with E-state index in [9.17, 15) is 21.6 Å². The highest BCUT2D eigenvalue weighted by atomic mass is 32.2. The van der Waals surface area contributed by atoms with Crippen molar-refractivity contribution in [2.75, 3.05) is 24.6 Å². The predicted molar refractivity (Wildman–Crippen MR) is 97.3 cm³/mol. The molecule has 1 saturated carbocycles. The number of hydrogen-bond donors (Lipinski definition) is 1. The first-order valence-corrected chi connectivity index (χ1v) is 11.5. The van der Waals surface area contributed by atoms with Crippen molar-refractivity contribution in [1.29, 1.82) is 0 Å². The van der Waals surface area contributed by atoms with Gasteiger partial charge >= 0.3 is 6.18 Å². The van der Waals surface area contributed by atoms with Crippen molar-refractivity contribution in [2.24, 2.45) is 5.41 Å². The van der Waals surface area contributed by atoms with Crippen LogP contribution in [0.5, 0.6) is 0 Å². The van der Waals surface area contributed by atoms with Crippen LogP contribution in [-0.2, 0) is 22.6 Å². The van der Waals surface area contributed by atoms with Gasteiger partial charge in [-0.3, -0.25) is 4.68 Å². The minimum absolute atomic E-state index is 0.152. The predicted octanol–water partition coefficient (Wildman–Crippen LogP) is 3.36. The number of aromatic nitrogens is 2. The summed E-state index contributed by atoms with van der Waals surface area (Å²) >= 11 is 0. The normalized spacial score (nSPS) is 24.3. The summed E-state index contributed by atoms with van der Waals surface area (Å²) in [4.78, 5) is 0. The third-order valence-corrected chi connectivity index (χ3v) is 7.91. The lowest BCUT2D eigenvalue weighted by molar-refractivity contribution is -0.141. The van der Waals surface area contributed by atoms with Gasteiger partial charge < -0.3 is 5.32 Å². The van der Waals surface area contributed by atoms with Gasteiger partial charge in [-0.2, -0.15) is 18.3 Å². The highest BCUT2D eigenvalue weighted by molar-refractivity contribution is 7.92. The molecule has 1 N–H and O–H groups in total. The average Bonchev–Trinajstić information content (AvgIpc) is 3.22. The average molecular weight is 408 g/mol. The van der Waals surface area contributed by atoms with Crippen molar-refractivity contribution in [3.8, 4) is 0 Å². The van der Waals surface area contributed by atoms with Crippen molar-refractivity contribution in [3.63, 3.8) is 0 Å². The smallest absolute Gasteiger partial charge is 0.316 e. The summed E-state index contributed by atoms with van der Waals surface area (Å²) in [5.74, 6) is 1.10. The van der Waals surface area contributed by atoms with E-state index in [-0.39, 0.29) is 11.3 Å². The van der Waals surface area contributed by atoms with E-state index in [1.165, 1.54) is 17.2 Å². The molecule has 0 aromatic carbocycles. The van der Waals surface area contributed by atoms with Crippen LogP contribution in [0.15, 0.2) is 6.07 Å². The van der Waals surface area contributed by atoms with Gasteiger partial charge in [0.1, 0.15) is 0 Å². The highest BCUT2D eigenvalue weighted by Crippen LogP contribution is 2.38. The maximum absolute atomic E-state index is 12.6. The molecule has 0 amide bonds. The Morgan fingerprint density at radius 2 is 1.93 bits per heavy atom. The van der Waals surface area contributed by atoms with Gasteiger partial charge in [0.15, 0.2) is 15.5 Å². The first-order chi connectivity index (χ1) is 12.6. The molecule has 154 valence electrons. The fourth-order valence-corrected chi connectivity index (χ4v) is 6.76. The maximum Gasteiger partial charge on any atom is 0.435 e. The first kappa shape index (κ1) is 20.6. The van der Waals surface area contributed by atoms with Crippen LogP contribution in [0.1, 0.15) is 62.8 Å². The molecule has 1 aliphatic carbocycles. The Morgan fingerprint density at radius 1 is 1.26 bits per heavy atom. The van der Waals surface area contributed by atoms with E-state index >= 15 is 0 Å². The molecule has 3 heterocycles. The molecule has 9 heteroatoms. The molecule has 5 nitrogen and oxygen atoms in total. The molecule has 0 bridgehead atoms. The van der Waals surface area contributed by atoms with Crippen molar-refractivity contribution >= 4 is 9.84 Å².